The quantitative estimate of drug-likeness (QED) is 0.465. The van der Waals surface area contributed by atoms with Gasteiger partial charge in [-0.3, -0.25) is 20.0 Å². The number of hydrogen-bond acceptors (Lipinski definition) is 6. The SMILES string of the molecule is Cc1nn(C)c2n[nH]c(NC(=O)Cc3csc(NC(=O)c4ccccc4F)n3)c12. The second kappa shape index (κ2) is 7.43. The minimum absolute atomic E-state index is 0.00584. The average Bonchev–Trinajstić information content (AvgIpc) is 3.35. The summed E-state index contributed by atoms with van der Waals surface area (Å²) in [7, 11) is 1.77. The predicted molar refractivity (Wildman–Crippen MR) is 106 cm³/mol. The van der Waals surface area contributed by atoms with E-state index in [1.54, 1.807) is 23.2 Å². The van der Waals surface area contributed by atoms with Crippen LogP contribution in [0.2, 0.25) is 0 Å². The van der Waals surface area contributed by atoms with Gasteiger partial charge in [0, 0.05) is 12.4 Å². The number of amides is 2. The molecule has 9 nitrogen and oxygen atoms in total. The average molecular weight is 413 g/mol. The van der Waals surface area contributed by atoms with E-state index in [2.05, 4.69) is 30.9 Å². The molecule has 1 aromatic carbocycles. The Morgan fingerprint density at radius 3 is 2.86 bits per heavy atom. The Hall–Kier alpha value is -3.60. The van der Waals surface area contributed by atoms with Gasteiger partial charge in [0.25, 0.3) is 5.91 Å². The fraction of sp³-hybridized carbons (Fsp3) is 0.167. The monoisotopic (exact) mass is 413 g/mol. The van der Waals surface area contributed by atoms with E-state index in [4.69, 9.17) is 0 Å². The lowest BCUT2D eigenvalue weighted by atomic mass is 10.2. The molecular weight excluding hydrogens is 397 g/mol. The molecule has 0 unspecified atom stereocenters. The van der Waals surface area contributed by atoms with E-state index in [0.717, 1.165) is 22.4 Å². The van der Waals surface area contributed by atoms with Gasteiger partial charge in [-0.05, 0) is 19.1 Å². The molecule has 0 radical (unpaired) electrons. The van der Waals surface area contributed by atoms with E-state index in [1.165, 1.54) is 18.2 Å². The number of halogens is 1. The molecule has 2 amide bonds. The van der Waals surface area contributed by atoms with E-state index in [1.807, 2.05) is 6.92 Å². The van der Waals surface area contributed by atoms with Crippen LogP contribution in [0.25, 0.3) is 11.0 Å². The Kier molecular flexibility index (Phi) is 4.80. The predicted octanol–water partition coefficient (Wildman–Crippen LogP) is 2.63. The minimum Gasteiger partial charge on any atom is -0.310 e. The number of rotatable bonds is 5. The number of aryl methyl sites for hydroxylation is 2. The number of carbonyl (C=O) groups excluding carboxylic acids is 2. The number of benzene rings is 1. The van der Waals surface area contributed by atoms with Crippen molar-refractivity contribution in [2.45, 2.75) is 13.3 Å². The Bertz CT molecular complexity index is 1230. The molecular formula is C18H16FN7O2S. The van der Waals surface area contributed by atoms with Gasteiger partial charge < -0.3 is 5.32 Å². The highest BCUT2D eigenvalue weighted by Gasteiger charge is 2.17. The molecule has 0 fully saturated rings. The highest BCUT2D eigenvalue weighted by Crippen LogP contribution is 2.24. The van der Waals surface area contributed by atoms with Crippen LogP contribution in [0.1, 0.15) is 21.7 Å². The maximum atomic E-state index is 13.7. The van der Waals surface area contributed by atoms with Gasteiger partial charge >= 0.3 is 0 Å². The van der Waals surface area contributed by atoms with Gasteiger partial charge in [-0.1, -0.05) is 12.1 Å². The summed E-state index contributed by atoms with van der Waals surface area (Å²) in [6.45, 7) is 1.83. The lowest BCUT2D eigenvalue weighted by Crippen LogP contribution is -2.16. The summed E-state index contributed by atoms with van der Waals surface area (Å²) in [5.41, 5.74) is 1.80. The molecule has 0 aliphatic rings. The first kappa shape index (κ1) is 18.7. The first-order valence-electron chi connectivity index (χ1n) is 8.60. The van der Waals surface area contributed by atoms with Crippen molar-refractivity contribution in [2.24, 2.45) is 7.05 Å². The third kappa shape index (κ3) is 3.72. The summed E-state index contributed by atoms with van der Waals surface area (Å²) < 4.78 is 15.3. The topological polar surface area (TPSA) is 118 Å². The van der Waals surface area contributed by atoms with Crippen LogP contribution in [-0.4, -0.2) is 36.8 Å². The van der Waals surface area contributed by atoms with Crippen LogP contribution < -0.4 is 10.6 Å². The van der Waals surface area contributed by atoms with Crippen molar-refractivity contribution in [1.82, 2.24) is 25.0 Å². The van der Waals surface area contributed by atoms with Crippen LogP contribution >= 0.6 is 11.3 Å². The third-order valence-electron chi connectivity index (χ3n) is 4.21. The Morgan fingerprint density at radius 1 is 1.28 bits per heavy atom. The molecule has 3 aromatic heterocycles. The van der Waals surface area contributed by atoms with Gasteiger partial charge in [0.05, 0.1) is 28.8 Å². The van der Waals surface area contributed by atoms with E-state index in [9.17, 15) is 14.0 Å². The lowest BCUT2D eigenvalue weighted by Gasteiger charge is -2.03. The highest BCUT2D eigenvalue weighted by atomic mass is 32.1. The van der Waals surface area contributed by atoms with Crippen molar-refractivity contribution in [1.29, 1.82) is 0 Å². The van der Waals surface area contributed by atoms with Crippen LogP contribution in [0.15, 0.2) is 29.6 Å². The standard InChI is InChI=1S/C18H16FN7O2S/c1-9-14-15(23-24-16(14)26(2)25-9)21-13(27)7-10-8-29-18(20-10)22-17(28)11-5-3-4-6-12(11)19/h3-6,8H,7H2,1-2H3,(H,20,22,28)(H2,21,23,24,27). The van der Waals surface area contributed by atoms with Gasteiger partial charge in [-0.15, -0.1) is 11.3 Å². The van der Waals surface area contributed by atoms with Crippen molar-refractivity contribution in [3.8, 4) is 0 Å². The number of nitrogens with zero attached hydrogens (tertiary/aromatic N) is 4. The smallest absolute Gasteiger partial charge is 0.260 e. The van der Waals surface area contributed by atoms with Gasteiger partial charge in [-0.2, -0.15) is 10.2 Å². The van der Waals surface area contributed by atoms with Crippen LogP contribution in [-0.2, 0) is 18.3 Å². The second-order valence-electron chi connectivity index (χ2n) is 6.31. The molecule has 4 rings (SSSR count). The molecule has 29 heavy (non-hydrogen) atoms. The Morgan fingerprint density at radius 2 is 2.07 bits per heavy atom. The van der Waals surface area contributed by atoms with Crippen LogP contribution in [0.4, 0.5) is 15.3 Å². The van der Waals surface area contributed by atoms with Crippen LogP contribution in [0, 0.1) is 12.7 Å². The zero-order valence-electron chi connectivity index (χ0n) is 15.5. The summed E-state index contributed by atoms with van der Waals surface area (Å²) in [5.74, 6) is -1.03. The zero-order valence-corrected chi connectivity index (χ0v) is 16.3. The van der Waals surface area contributed by atoms with E-state index >= 15 is 0 Å². The number of carbonyl (C=O) groups is 2. The van der Waals surface area contributed by atoms with Crippen molar-refractivity contribution in [2.75, 3.05) is 10.6 Å². The molecule has 4 aromatic rings. The summed E-state index contributed by atoms with van der Waals surface area (Å²) in [6.07, 6.45) is 0.00584. The minimum atomic E-state index is -0.613. The fourth-order valence-corrected chi connectivity index (χ4v) is 3.63. The number of anilines is 2. The molecule has 0 aliphatic heterocycles. The molecule has 148 valence electrons. The van der Waals surface area contributed by atoms with Gasteiger partial charge in [0.15, 0.2) is 10.8 Å². The zero-order chi connectivity index (χ0) is 20.5. The Balaban J connectivity index is 1.41. The maximum absolute atomic E-state index is 13.7. The summed E-state index contributed by atoms with van der Waals surface area (Å²) in [5, 5.41) is 19.2. The van der Waals surface area contributed by atoms with Gasteiger partial charge in [0.2, 0.25) is 5.91 Å². The molecule has 11 heteroatoms. The van der Waals surface area contributed by atoms with Crippen molar-refractivity contribution < 1.29 is 14.0 Å². The van der Waals surface area contributed by atoms with Gasteiger partial charge in [0.1, 0.15) is 11.6 Å². The van der Waals surface area contributed by atoms with Crippen LogP contribution in [0.3, 0.4) is 0 Å². The number of hydrogen-bond donors (Lipinski definition) is 3. The van der Waals surface area contributed by atoms with Crippen LogP contribution in [0.5, 0.6) is 0 Å². The van der Waals surface area contributed by atoms with Crippen molar-refractivity contribution in [3.63, 3.8) is 0 Å². The molecule has 0 bridgehead atoms. The van der Waals surface area contributed by atoms with E-state index in [0.29, 0.717) is 17.2 Å². The van der Waals surface area contributed by atoms with E-state index < -0.39 is 11.7 Å². The largest absolute Gasteiger partial charge is 0.310 e. The normalized spacial score (nSPS) is 11.0. The number of aromatic amines is 1. The number of nitrogens with one attached hydrogen (secondary N) is 3. The molecule has 0 atom stereocenters. The highest BCUT2D eigenvalue weighted by molar-refractivity contribution is 7.14. The van der Waals surface area contributed by atoms with Gasteiger partial charge in [-0.25, -0.2) is 14.1 Å². The first-order valence-corrected chi connectivity index (χ1v) is 9.48. The summed E-state index contributed by atoms with van der Waals surface area (Å²) in [4.78, 5) is 28.8. The first-order chi connectivity index (χ1) is 13.9. The molecule has 0 saturated heterocycles. The molecule has 3 N–H and O–H groups in total. The van der Waals surface area contributed by atoms with E-state index in [-0.39, 0.29) is 23.0 Å². The molecule has 0 aliphatic carbocycles. The molecule has 3 heterocycles. The number of H-pyrrole nitrogens is 1. The lowest BCUT2D eigenvalue weighted by molar-refractivity contribution is -0.115. The third-order valence-corrected chi connectivity index (χ3v) is 5.02. The number of fused-ring (bicyclic) bond motifs is 1. The number of aromatic nitrogens is 5. The van der Waals surface area contributed by atoms with Crippen molar-refractivity contribution in [3.05, 3.63) is 52.4 Å². The second-order valence-corrected chi connectivity index (χ2v) is 7.17. The molecule has 0 saturated carbocycles. The number of thiazole rings is 1. The molecule has 0 spiro atoms. The summed E-state index contributed by atoms with van der Waals surface area (Å²) in [6, 6.07) is 5.68. The fourth-order valence-electron chi connectivity index (χ4n) is 2.93. The summed E-state index contributed by atoms with van der Waals surface area (Å²) >= 11 is 1.16. The van der Waals surface area contributed by atoms with Crippen molar-refractivity contribution >= 4 is 45.1 Å². The Labute approximate surface area is 168 Å². The maximum Gasteiger partial charge on any atom is 0.260 e.